The van der Waals surface area contributed by atoms with Crippen molar-refractivity contribution in [2.75, 3.05) is 7.11 Å². The first-order valence-corrected chi connectivity index (χ1v) is 11.7. The maximum absolute atomic E-state index is 12.2. The number of aromatic carboxylic acids is 1. The van der Waals surface area contributed by atoms with Crippen molar-refractivity contribution in [3.8, 4) is 22.3 Å². The third-order valence-corrected chi connectivity index (χ3v) is 5.72. The Hall–Kier alpha value is -4.29. The first-order valence-electron chi connectivity index (χ1n) is 11.2. The Bertz CT molecular complexity index is 1360. The van der Waals surface area contributed by atoms with Gasteiger partial charge in [-0.1, -0.05) is 96.1 Å². The molecule has 1 amide bonds. The van der Waals surface area contributed by atoms with Crippen molar-refractivity contribution in [2.45, 2.75) is 13.8 Å². The zero-order chi connectivity index (χ0) is 26.1. The number of ether oxygens (including phenoxy) is 1. The lowest BCUT2D eigenvalue weighted by Crippen LogP contribution is -2.30. The van der Waals surface area contributed by atoms with Gasteiger partial charge in [0.2, 0.25) is 0 Å². The average Bonchev–Trinajstić information content (AvgIpc) is 2.90. The topological polar surface area (TPSA) is 75.6 Å². The molecule has 0 radical (unpaired) electrons. The number of hydrogen-bond donors (Lipinski definition) is 2. The minimum absolute atomic E-state index is 0.0636. The molecule has 4 aromatic carbocycles. The van der Waals surface area contributed by atoms with Crippen LogP contribution in [0.15, 0.2) is 97.1 Å². The van der Waals surface area contributed by atoms with Crippen molar-refractivity contribution in [3.05, 3.63) is 119 Å². The lowest BCUT2D eigenvalue weighted by molar-refractivity contribution is 0.0697. The van der Waals surface area contributed by atoms with Crippen molar-refractivity contribution < 1.29 is 19.4 Å². The Kier molecular flexibility index (Phi) is 9.08. The van der Waals surface area contributed by atoms with E-state index in [1.807, 2.05) is 92.7 Å². The van der Waals surface area contributed by atoms with Crippen LogP contribution < -0.4 is 5.32 Å². The largest absolute Gasteiger partial charge is 0.478 e. The van der Waals surface area contributed by atoms with Gasteiger partial charge >= 0.3 is 5.97 Å². The monoisotopic (exact) mass is 497 g/mol. The summed E-state index contributed by atoms with van der Waals surface area (Å²) in [6, 6.07) is 30.3. The van der Waals surface area contributed by atoms with Crippen LogP contribution in [0.5, 0.6) is 0 Å². The van der Waals surface area contributed by atoms with E-state index < -0.39 is 5.97 Å². The molecule has 4 aromatic rings. The van der Waals surface area contributed by atoms with Crippen molar-refractivity contribution in [2.24, 2.45) is 0 Å². The molecule has 0 bridgehead atoms. The first kappa shape index (κ1) is 26.3. The van der Waals surface area contributed by atoms with E-state index in [1.54, 1.807) is 18.2 Å². The highest BCUT2D eigenvalue weighted by molar-refractivity contribution is 7.80. The van der Waals surface area contributed by atoms with E-state index in [4.69, 9.17) is 22.1 Å². The second-order valence-electron chi connectivity index (χ2n) is 8.07. The van der Waals surface area contributed by atoms with Crippen LogP contribution in [0, 0.1) is 13.8 Å². The molecule has 6 heteroatoms. The van der Waals surface area contributed by atoms with Gasteiger partial charge in [-0.15, -0.1) is 0 Å². The molecular formula is C30H27NO4S. The number of carboxylic acid groups (broad SMARTS) is 1. The second-order valence-corrected chi connectivity index (χ2v) is 8.44. The summed E-state index contributed by atoms with van der Waals surface area (Å²) in [6.45, 7) is 4.03. The molecule has 0 unspecified atom stereocenters. The van der Waals surface area contributed by atoms with Gasteiger partial charge < -0.3 is 9.84 Å². The Morgan fingerprint density at radius 3 is 1.56 bits per heavy atom. The van der Waals surface area contributed by atoms with E-state index >= 15 is 0 Å². The number of methoxy groups -OCH3 is 1. The van der Waals surface area contributed by atoms with Gasteiger partial charge in [0.15, 0.2) is 0 Å². The molecule has 0 spiro atoms. The summed E-state index contributed by atoms with van der Waals surface area (Å²) in [5.41, 5.74) is 6.79. The highest BCUT2D eigenvalue weighted by Crippen LogP contribution is 2.25. The maximum atomic E-state index is 12.2. The standard InChI is InChI=1S/C16H15NO2S.C14H12O2/c1-11-7-9-12(10-8-11)13-5-3-4-6-14(13)15(18)17-16(20)19-2;1-10-6-8-11(9-7-10)12-4-2-3-5-13(12)14(15)16/h3-10H,1-2H3,(H,17,18,20);2-9H,1H3,(H,15,16). The summed E-state index contributed by atoms with van der Waals surface area (Å²) in [5, 5.41) is 11.7. The number of aryl methyl sites for hydroxylation is 2. The Morgan fingerprint density at radius 2 is 1.11 bits per heavy atom. The third kappa shape index (κ3) is 6.87. The van der Waals surface area contributed by atoms with Crippen LogP contribution in [0.2, 0.25) is 0 Å². The van der Waals surface area contributed by atoms with E-state index in [0.717, 1.165) is 27.8 Å². The molecular weight excluding hydrogens is 470 g/mol. The quantitative estimate of drug-likeness (QED) is 0.308. The number of hydrogen-bond acceptors (Lipinski definition) is 4. The van der Waals surface area contributed by atoms with Crippen LogP contribution >= 0.6 is 12.2 Å². The van der Waals surface area contributed by atoms with Gasteiger partial charge in [0.05, 0.1) is 12.7 Å². The van der Waals surface area contributed by atoms with E-state index in [0.29, 0.717) is 11.1 Å². The van der Waals surface area contributed by atoms with Gasteiger partial charge in [0.25, 0.3) is 11.1 Å². The minimum atomic E-state index is -0.892. The van der Waals surface area contributed by atoms with Crippen molar-refractivity contribution in [1.82, 2.24) is 5.32 Å². The predicted octanol–water partition coefficient (Wildman–Crippen LogP) is 6.68. The molecule has 0 aliphatic heterocycles. The van der Waals surface area contributed by atoms with Crippen LogP contribution in [0.1, 0.15) is 31.8 Å². The smallest absolute Gasteiger partial charge is 0.336 e. The average molecular weight is 498 g/mol. The van der Waals surface area contributed by atoms with Crippen molar-refractivity contribution >= 4 is 29.3 Å². The first-order chi connectivity index (χ1) is 17.3. The minimum Gasteiger partial charge on any atom is -0.478 e. The molecule has 0 aliphatic carbocycles. The maximum Gasteiger partial charge on any atom is 0.336 e. The van der Waals surface area contributed by atoms with Crippen molar-refractivity contribution in [1.29, 1.82) is 0 Å². The van der Waals surface area contributed by atoms with Gasteiger partial charge in [0.1, 0.15) is 0 Å². The number of amides is 1. The summed E-state index contributed by atoms with van der Waals surface area (Å²) in [7, 11) is 1.43. The number of benzene rings is 4. The van der Waals surface area contributed by atoms with Gasteiger partial charge in [-0.3, -0.25) is 10.1 Å². The molecule has 0 saturated heterocycles. The number of carbonyl (C=O) groups excluding carboxylic acids is 1. The molecule has 0 aliphatic rings. The van der Waals surface area contributed by atoms with Crippen LogP contribution in [-0.4, -0.2) is 29.3 Å². The summed E-state index contributed by atoms with van der Waals surface area (Å²) >= 11 is 4.85. The molecule has 182 valence electrons. The summed E-state index contributed by atoms with van der Waals surface area (Å²) in [5.74, 6) is -1.16. The zero-order valence-corrected chi connectivity index (χ0v) is 21.1. The van der Waals surface area contributed by atoms with E-state index in [1.165, 1.54) is 12.7 Å². The van der Waals surface area contributed by atoms with Crippen molar-refractivity contribution in [3.63, 3.8) is 0 Å². The van der Waals surface area contributed by atoms with Gasteiger partial charge in [-0.2, -0.15) is 0 Å². The molecule has 2 N–H and O–H groups in total. The molecule has 0 heterocycles. The Labute approximate surface area is 216 Å². The van der Waals surface area contributed by atoms with Crippen LogP contribution in [0.25, 0.3) is 22.3 Å². The third-order valence-electron chi connectivity index (χ3n) is 5.46. The zero-order valence-electron chi connectivity index (χ0n) is 20.3. The van der Waals surface area contributed by atoms with Gasteiger partial charge in [-0.25, -0.2) is 4.79 Å². The molecule has 4 rings (SSSR count). The van der Waals surface area contributed by atoms with E-state index in [9.17, 15) is 9.59 Å². The number of thiocarbonyl (C=S) groups is 1. The fraction of sp³-hybridized carbons (Fsp3) is 0.100. The lowest BCUT2D eigenvalue weighted by atomic mass is 9.98. The summed E-state index contributed by atoms with van der Waals surface area (Å²) in [6.07, 6.45) is 0. The molecule has 36 heavy (non-hydrogen) atoms. The second kappa shape index (κ2) is 12.4. The van der Waals surface area contributed by atoms with Crippen LogP contribution in [-0.2, 0) is 4.74 Å². The molecule has 0 aromatic heterocycles. The number of carboxylic acids is 1. The molecule has 0 atom stereocenters. The number of rotatable bonds is 4. The fourth-order valence-electron chi connectivity index (χ4n) is 3.53. The normalized spacial score (nSPS) is 9.97. The Morgan fingerprint density at radius 1 is 0.694 bits per heavy atom. The fourth-order valence-corrected chi connectivity index (χ4v) is 3.62. The summed E-state index contributed by atoms with van der Waals surface area (Å²) < 4.78 is 4.80. The Balaban J connectivity index is 0.000000205. The van der Waals surface area contributed by atoms with E-state index in [2.05, 4.69) is 5.32 Å². The summed E-state index contributed by atoms with van der Waals surface area (Å²) in [4.78, 5) is 23.3. The van der Waals surface area contributed by atoms with Gasteiger partial charge in [0, 0.05) is 5.56 Å². The SMILES string of the molecule is COC(=S)NC(=O)c1ccccc1-c1ccc(C)cc1.Cc1ccc(-c2ccccc2C(=O)O)cc1. The molecule has 5 nitrogen and oxygen atoms in total. The number of carbonyl (C=O) groups is 2. The highest BCUT2D eigenvalue weighted by atomic mass is 32.1. The predicted molar refractivity (Wildman–Crippen MR) is 147 cm³/mol. The molecule has 0 fully saturated rings. The molecule has 0 saturated carbocycles. The number of nitrogens with one attached hydrogen (secondary N) is 1. The lowest BCUT2D eigenvalue weighted by Gasteiger charge is -2.10. The van der Waals surface area contributed by atoms with Gasteiger partial charge in [-0.05, 0) is 60.5 Å². The van der Waals surface area contributed by atoms with Crippen LogP contribution in [0.4, 0.5) is 0 Å². The highest BCUT2D eigenvalue weighted by Gasteiger charge is 2.13. The van der Waals surface area contributed by atoms with E-state index in [-0.39, 0.29) is 11.1 Å². The van der Waals surface area contributed by atoms with Crippen LogP contribution in [0.3, 0.4) is 0 Å².